The van der Waals surface area contributed by atoms with Crippen molar-refractivity contribution in [2.75, 3.05) is 33.6 Å². The van der Waals surface area contributed by atoms with E-state index in [2.05, 4.69) is 41.4 Å². The Kier molecular flexibility index (Phi) is 8.17. The molecule has 2 aromatic carbocycles. The zero-order valence-corrected chi connectivity index (χ0v) is 25.5. The second kappa shape index (κ2) is 11.8. The van der Waals surface area contributed by atoms with Crippen LogP contribution in [-0.2, 0) is 17.3 Å². The van der Waals surface area contributed by atoms with Gasteiger partial charge < -0.3 is 15.2 Å². The fourth-order valence-corrected chi connectivity index (χ4v) is 5.75. The Bertz CT molecular complexity index is 1690. The summed E-state index contributed by atoms with van der Waals surface area (Å²) in [5.41, 5.74) is 4.87. The molecule has 2 N–H and O–H groups in total. The summed E-state index contributed by atoms with van der Waals surface area (Å²) in [6.07, 6.45) is 3.28. The topological polar surface area (TPSA) is 109 Å². The van der Waals surface area contributed by atoms with Gasteiger partial charge in [0.25, 0.3) is 11.5 Å². The molecular formula is C32H36N6O3S. The predicted octanol–water partition coefficient (Wildman–Crippen LogP) is 4.99. The van der Waals surface area contributed by atoms with Crippen LogP contribution >= 0.6 is 11.8 Å². The molecule has 218 valence electrons. The van der Waals surface area contributed by atoms with Crippen LogP contribution in [0.3, 0.4) is 0 Å². The first-order valence-corrected chi connectivity index (χ1v) is 15.3. The van der Waals surface area contributed by atoms with Crippen LogP contribution in [0.5, 0.6) is 0 Å². The summed E-state index contributed by atoms with van der Waals surface area (Å²) >= 11 is 0.666. The molecule has 0 radical (unpaired) electrons. The Morgan fingerprint density at radius 1 is 1.02 bits per heavy atom. The van der Waals surface area contributed by atoms with E-state index in [0.29, 0.717) is 52.5 Å². The van der Waals surface area contributed by atoms with Crippen LogP contribution in [0.2, 0.25) is 0 Å². The molecule has 42 heavy (non-hydrogen) atoms. The van der Waals surface area contributed by atoms with Crippen LogP contribution in [-0.4, -0.2) is 44.4 Å². The summed E-state index contributed by atoms with van der Waals surface area (Å²) < 4.78 is 1.47. The third-order valence-corrected chi connectivity index (χ3v) is 8.45. The SMILES string of the molecule is Cc1c(NC(=O)c2ccc(C(C)(C)C)cc2)cccc1-c1cn(C)c(=O)c(Nc2ccc(N3CC[SH2]CC3=O)nc2)n1. The third kappa shape index (κ3) is 6.23. The van der Waals surface area contributed by atoms with Gasteiger partial charge in [0, 0.05) is 36.6 Å². The van der Waals surface area contributed by atoms with Gasteiger partial charge in [0.2, 0.25) is 5.91 Å². The first-order chi connectivity index (χ1) is 20.0. The second-order valence-electron chi connectivity index (χ2n) is 11.4. The van der Waals surface area contributed by atoms with Crippen molar-refractivity contribution in [1.82, 2.24) is 14.5 Å². The van der Waals surface area contributed by atoms with Gasteiger partial charge in [-0.25, -0.2) is 9.97 Å². The first-order valence-electron chi connectivity index (χ1n) is 13.8. The zero-order valence-electron chi connectivity index (χ0n) is 24.5. The fourth-order valence-electron chi connectivity index (χ4n) is 4.79. The lowest BCUT2D eigenvalue weighted by Gasteiger charge is -2.26. The normalized spacial score (nSPS) is 14.6. The number of benzene rings is 2. The Morgan fingerprint density at radius 3 is 2.45 bits per heavy atom. The number of nitrogens with zero attached hydrogens (tertiary/aromatic N) is 4. The van der Waals surface area contributed by atoms with Crippen molar-refractivity contribution in [3.8, 4) is 11.3 Å². The Hall–Kier alpha value is -4.44. The van der Waals surface area contributed by atoms with Crippen molar-refractivity contribution in [2.24, 2.45) is 7.05 Å². The highest BCUT2D eigenvalue weighted by Crippen LogP contribution is 2.29. The van der Waals surface area contributed by atoms with Crippen molar-refractivity contribution < 1.29 is 9.59 Å². The molecule has 0 saturated carbocycles. The maximum absolute atomic E-state index is 13.1. The van der Waals surface area contributed by atoms with E-state index in [0.717, 1.165) is 22.4 Å². The van der Waals surface area contributed by atoms with E-state index in [9.17, 15) is 14.4 Å². The van der Waals surface area contributed by atoms with Gasteiger partial charge in [0.1, 0.15) is 5.82 Å². The average Bonchev–Trinajstić information content (AvgIpc) is 2.97. The number of carbonyl (C=O) groups is 2. The lowest BCUT2D eigenvalue weighted by atomic mass is 9.86. The third-order valence-electron chi connectivity index (χ3n) is 7.32. The Labute approximate surface area is 249 Å². The number of aromatic nitrogens is 3. The van der Waals surface area contributed by atoms with Crippen LogP contribution in [0.1, 0.15) is 42.3 Å². The van der Waals surface area contributed by atoms with Crippen LogP contribution in [0.4, 0.5) is 23.0 Å². The molecule has 2 amide bonds. The van der Waals surface area contributed by atoms with Gasteiger partial charge in [0.05, 0.1) is 23.3 Å². The molecule has 2 aromatic heterocycles. The number of nitrogens with one attached hydrogen (secondary N) is 2. The van der Waals surface area contributed by atoms with E-state index in [1.54, 1.807) is 36.5 Å². The van der Waals surface area contributed by atoms with Gasteiger partial charge in [-0.3, -0.25) is 31.0 Å². The van der Waals surface area contributed by atoms with E-state index in [1.807, 2.05) is 49.4 Å². The van der Waals surface area contributed by atoms with E-state index in [4.69, 9.17) is 0 Å². The number of aryl methyl sites for hydroxylation is 1. The van der Waals surface area contributed by atoms with E-state index in [1.165, 1.54) is 4.57 Å². The number of hydrogen-bond acceptors (Lipinski definition) is 6. The summed E-state index contributed by atoms with van der Waals surface area (Å²) in [6.45, 7) is 9.00. The highest BCUT2D eigenvalue weighted by molar-refractivity contribution is 8.00. The van der Waals surface area contributed by atoms with Crippen LogP contribution in [0, 0.1) is 6.92 Å². The summed E-state index contributed by atoms with van der Waals surface area (Å²) in [7, 11) is 1.67. The molecule has 5 rings (SSSR count). The molecule has 10 heteroatoms. The molecule has 0 spiro atoms. The van der Waals surface area contributed by atoms with Crippen molar-refractivity contribution in [2.45, 2.75) is 33.1 Å². The number of rotatable bonds is 6. The molecule has 4 aromatic rings. The van der Waals surface area contributed by atoms with Crippen molar-refractivity contribution >= 4 is 46.6 Å². The number of carbonyl (C=O) groups excluding carboxylic acids is 2. The quantitative estimate of drug-likeness (QED) is 0.331. The summed E-state index contributed by atoms with van der Waals surface area (Å²) in [4.78, 5) is 49.1. The van der Waals surface area contributed by atoms with Gasteiger partial charge in [-0.05, 0) is 59.6 Å². The Morgan fingerprint density at radius 2 is 1.79 bits per heavy atom. The van der Waals surface area contributed by atoms with Crippen molar-refractivity contribution in [3.05, 3.63) is 94.0 Å². The van der Waals surface area contributed by atoms with E-state index >= 15 is 0 Å². The summed E-state index contributed by atoms with van der Waals surface area (Å²) in [6, 6.07) is 16.8. The second-order valence-corrected chi connectivity index (χ2v) is 12.8. The first kappa shape index (κ1) is 29.1. The minimum atomic E-state index is -0.296. The van der Waals surface area contributed by atoms with Crippen molar-refractivity contribution in [3.63, 3.8) is 0 Å². The van der Waals surface area contributed by atoms with Gasteiger partial charge >= 0.3 is 0 Å². The molecule has 1 aliphatic heterocycles. The van der Waals surface area contributed by atoms with Gasteiger partial charge in [-0.2, -0.15) is 0 Å². The average molecular weight is 585 g/mol. The molecule has 0 atom stereocenters. The molecule has 0 bridgehead atoms. The zero-order chi connectivity index (χ0) is 30.0. The maximum atomic E-state index is 13.1. The summed E-state index contributed by atoms with van der Waals surface area (Å²) in [5, 5.41) is 6.11. The summed E-state index contributed by atoms with van der Waals surface area (Å²) in [5.74, 6) is 2.17. The number of pyridine rings is 1. The fraction of sp³-hybridized carbons (Fsp3) is 0.281. The van der Waals surface area contributed by atoms with Crippen LogP contribution in [0.15, 0.2) is 71.8 Å². The lowest BCUT2D eigenvalue weighted by molar-refractivity contribution is -0.116. The van der Waals surface area contributed by atoms with E-state index < -0.39 is 0 Å². The molecule has 0 unspecified atom stereocenters. The number of amides is 2. The molecule has 3 heterocycles. The molecule has 9 nitrogen and oxygen atoms in total. The lowest BCUT2D eigenvalue weighted by Crippen LogP contribution is -2.38. The van der Waals surface area contributed by atoms with Gasteiger partial charge in [-0.15, -0.1) is 0 Å². The molecule has 1 fully saturated rings. The highest BCUT2D eigenvalue weighted by atomic mass is 32.2. The van der Waals surface area contributed by atoms with Crippen molar-refractivity contribution in [1.29, 1.82) is 0 Å². The molecular weight excluding hydrogens is 548 g/mol. The number of anilines is 4. The standard InChI is InChI=1S/C32H36N6O3S/c1-20-24(7-6-8-25(20)36-30(40)21-9-11-22(12-10-21)32(2,3)4)26-18-37(5)31(41)29(35-26)34-23-13-14-27(33-17-23)38-15-16-42-19-28(38)39/h6-14,17-18H,15-16,19,42H2,1-5H3,(H,34,35)(H,36,40). The van der Waals surface area contributed by atoms with E-state index in [-0.39, 0.29) is 28.6 Å². The number of hydrogen-bond donors (Lipinski definition) is 2. The minimum absolute atomic E-state index is 0.00410. The highest BCUT2D eigenvalue weighted by Gasteiger charge is 2.20. The smallest absolute Gasteiger partial charge is 0.293 e. The van der Waals surface area contributed by atoms with Gasteiger partial charge in [-0.1, -0.05) is 45.0 Å². The van der Waals surface area contributed by atoms with Gasteiger partial charge in [0.15, 0.2) is 5.82 Å². The molecule has 1 aliphatic rings. The largest absolute Gasteiger partial charge is 0.334 e. The monoisotopic (exact) mass is 584 g/mol. The van der Waals surface area contributed by atoms with Crippen LogP contribution < -0.4 is 21.1 Å². The molecule has 0 aliphatic carbocycles. The Balaban J connectivity index is 1.37. The predicted molar refractivity (Wildman–Crippen MR) is 173 cm³/mol. The maximum Gasteiger partial charge on any atom is 0.293 e. The van der Waals surface area contributed by atoms with Crippen LogP contribution in [0.25, 0.3) is 11.3 Å². The molecule has 1 saturated heterocycles. The minimum Gasteiger partial charge on any atom is -0.334 e.